The van der Waals surface area contributed by atoms with E-state index in [0.717, 1.165) is 0 Å². The SMILES string of the molecule is Cc1ccc(C(C)(C)c2ccccc2C)cc1. The van der Waals surface area contributed by atoms with Gasteiger partial charge in [-0.05, 0) is 30.5 Å². The van der Waals surface area contributed by atoms with Crippen LogP contribution in [0.25, 0.3) is 0 Å². The summed E-state index contributed by atoms with van der Waals surface area (Å²) in [4.78, 5) is 0. The molecule has 88 valence electrons. The lowest BCUT2D eigenvalue weighted by Gasteiger charge is -2.28. The topological polar surface area (TPSA) is 0 Å². The summed E-state index contributed by atoms with van der Waals surface area (Å²) in [6.07, 6.45) is 0. The summed E-state index contributed by atoms with van der Waals surface area (Å²) in [5.74, 6) is 0. The Kier molecular flexibility index (Phi) is 3.06. The van der Waals surface area contributed by atoms with Gasteiger partial charge in [0.2, 0.25) is 0 Å². The van der Waals surface area contributed by atoms with Crippen molar-refractivity contribution in [2.45, 2.75) is 33.1 Å². The summed E-state index contributed by atoms with van der Waals surface area (Å²) in [6, 6.07) is 17.5. The molecule has 0 unspecified atom stereocenters. The normalized spacial score (nSPS) is 11.5. The molecule has 0 heteroatoms. The van der Waals surface area contributed by atoms with Crippen LogP contribution in [0.2, 0.25) is 0 Å². The maximum Gasteiger partial charge on any atom is 0.0149 e. The van der Waals surface area contributed by atoms with Gasteiger partial charge in [-0.1, -0.05) is 67.9 Å². The third-order valence-corrected chi connectivity index (χ3v) is 3.59. The summed E-state index contributed by atoms with van der Waals surface area (Å²) in [6.45, 7) is 8.90. The smallest absolute Gasteiger partial charge is 0.0149 e. The number of benzene rings is 2. The molecule has 0 aromatic heterocycles. The maximum absolute atomic E-state index is 2.29. The monoisotopic (exact) mass is 224 g/mol. The quantitative estimate of drug-likeness (QED) is 0.697. The standard InChI is InChI=1S/C17H20/c1-13-9-11-15(12-10-13)17(3,4)16-8-6-5-7-14(16)2/h5-12H,1-4H3. The number of hydrogen-bond acceptors (Lipinski definition) is 0. The van der Waals surface area contributed by atoms with Gasteiger partial charge in [-0.25, -0.2) is 0 Å². The van der Waals surface area contributed by atoms with E-state index in [1.165, 1.54) is 22.3 Å². The molecule has 2 aromatic rings. The zero-order valence-corrected chi connectivity index (χ0v) is 11.1. The van der Waals surface area contributed by atoms with Gasteiger partial charge in [0.15, 0.2) is 0 Å². The molecule has 0 aliphatic rings. The Bertz CT molecular complexity index is 504. The molecule has 0 radical (unpaired) electrons. The van der Waals surface area contributed by atoms with Gasteiger partial charge < -0.3 is 0 Å². The Morgan fingerprint density at radius 3 is 1.94 bits per heavy atom. The second-order valence-electron chi connectivity index (χ2n) is 5.31. The van der Waals surface area contributed by atoms with Gasteiger partial charge >= 0.3 is 0 Å². The maximum atomic E-state index is 2.29. The Balaban J connectivity index is 2.49. The van der Waals surface area contributed by atoms with E-state index in [1.54, 1.807) is 0 Å². The van der Waals surface area contributed by atoms with E-state index in [2.05, 4.69) is 76.2 Å². The molecule has 0 saturated carbocycles. The van der Waals surface area contributed by atoms with Gasteiger partial charge in [-0.2, -0.15) is 0 Å². The van der Waals surface area contributed by atoms with Crippen LogP contribution in [0.1, 0.15) is 36.1 Å². The van der Waals surface area contributed by atoms with Crippen LogP contribution < -0.4 is 0 Å². The highest BCUT2D eigenvalue weighted by Crippen LogP contribution is 2.33. The van der Waals surface area contributed by atoms with Crippen LogP contribution in [0.15, 0.2) is 48.5 Å². The first kappa shape index (κ1) is 11.9. The molecule has 2 aromatic carbocycles. The largest absolute Gasteiger partial charge is 0.0620 e. The fourth-order valence-corrected chi connectivity index (χ4v) is 2.40. The van der Waals surface area contributed by atoms with Crippen molar-refractivity contribution in [2.75, 3.05) is 0 Å². The molecule has 0 saturated heterocycles. The van der Waals surface area contributed by atoms with Gasteiger partial charge in [-0.15, -0.1) is 0 Å². The van der Waals surface area contributed by atoms with E-state index >= 15 is 0 Å². The highest BCUT2D eigenvalue weighted by Gasteiger charge is 2.24. The molecule has 2 rings (SSSR count). The van der Waals surface area contributed by atoms with Gasteiger partial charge in [0.05, 0.1) is 0 Å². The van der Waals surface area contributed by atoms with E-state index in [1.807, 2.05) is 0 Å². The van der Waals surface area contributed by atoms with Crippen LogP contribution in [0.4, 0.5) is 0 Å². The zero-order valence-electron chi connectivity index (χ0n) is 11.1. The fraction of sp³-hybridized carbons (Fsp3) is 0.294. The average molecular weight is 224 g/mol. The predicted octanol–water partition coefficient (Wildman–Crippen LogP) is 4.63. The Morgan fingerprint density at radius 2 is 1.35 bits per heavy atom. The second-order valence-corrected chi connectivity index (χ2v) is 5.31. The van der Waals surface area contributed by atoms with Gasteiger partial charge in [-0.3, -0.25) is 0 Å². The molecule has 0 nitrogen and oxygen atoms in total. The van der Waals surface area contributed by atoms with E-state index in [0.29, 0.717) is 0 Å². The lowest BCUT2D eigenvalue weighted by atomic mass is 9.76. The molecule has 0 atom stereocenters. The van der Waals surface area contributed by atoms with Crippen LogP contribution in [-0.4, -0.2) is 0 Å². The van der Waals surface area contributed by atoms with Crippen LogP contribution in [-0.2, 0) is 5.41 Å². The highest BCUT2D eigenvalue weighted by molar-refractivity contribution is 5.42. The van der Waals surface area contributed by atoms with Gasteiger partial charge in [0.1, 0.15) is 0 Å². The summed E-state index contributed by atoms with van der Waals surface area (Å²) in [5.41, 5.74) is 5.52. The lowest BCUT2D eigenvalue weighted by Crippen LogP contribution is -2.20. The van der Waals surface area contributed by atoms with E-state index in [9.17, 15) is 0 Å². The second kappa shape index (κ2) is 4.37. The van der Waals surface area contributed by atoms with Crippen molar-refractivity contribution >= 4 is 0 Å². The molecule has 0 fully saturated rings. The predicted molar refractivity (Wildman–Crippen MR) is 74.5 cm³/mol. The molecule has 0 bridgehead atoms. The Hall–Kier alpha value is -1.56. The summed E-state index contributed by atoms with van der Waals surface area (Å²) in [7, 11) is 0. The van der Waals surface area contributed by atoms with E-state index in [-0.39, 0.29) is 5.41 Å². The number of hydrogen-bond donors (Lipinski definition) is 0. The Labute approximate surface area is 104 Å². The van der Waals surface area contributed by atoms with Gasteiger partial charge in [0, 0.05) is 5.41 Å². The summed E-state index contributed by atoms with van der Waals surface area (Å²) < 4.78 is 0. The van der Waals surface area contributed by atoms with E-state index < -0.39 is 0 Å². The van der Waals surface area contributed by atoms with Crippen molar-refractivity contribution < 1.29 is 0 Å². The molecule has 0 aliphatic heterocycles. The summed E-state index contributed by atoms with van der Waals surface area (Å²) >= 11 is 0. The minimum Gasteiger partial charge on any atom is -0.0620 e. The molecule has 17 heavy (non-hydrogen) atoms. The van der Waals surface area contributed by atoms with E-state index in [4.69, 9.17) is 0 Å². The lowest BCUT2D eigenvalue weighted by molar-refractivity contribution is 0.636. The Morgan fingerprint density at radius 1 is 0.765 bits per heavy atom. The molecular weight excluding hydrogens is 204 g/mol. The van der Waals surface area contributed by atoms with Crippen molar-refractivity contribution in [3.63, 3.8) is 0 Å². The molecule has 0 spiro atoms. The van der Waals surface area contributed by atoms with Gasteiger partial charge in [0.25, 0.3) is 0 Å². The minimum atomic E-state index is 0.0685. The molecule has 0 N–H and O–H groups in total. The number of rotatable bonds is 2. The fourth-order valence-electron chi connectivity index (χ4n) is 2.40. The average Bonchev–Trinajstić information content (AvgIpc) is 2.30. The third-order valence-electron chi connectivity index (χ3n) is 3.59. The van der Waals surface area contributed by atoms with Crippen molar-refractivity contribution in [3.8, 4) is 0 Å². The zero-order chi connectivity index (χ0) is 12.5. The summed E-state index contributed by atoms with van der Waals surface area (Å²) in [5, 5.41) is 0. The first-order chi connectivity index (χ1) is 8.01. The highest BCUT2D eigenvalue weighted by atomic mass is 14.3. The van der Waals surface area contributed by atoms with Crippen molar-refractivity contribution in [2.24, 2.45) is 0 Å². The van der Waals surface area contributed by atoms with Crippen LogP contribution in [0.5, 0.6) is 0 Å². The van der Waals surface area contributed by atoms with Crippen molar-refractivity contribution in [1.29, 1.82) is 0 Å². The van der Waals surface area contributed by atoms with Crippen LogP contribution in [0, 0.1) is 13.8 Å². The minimum absolute atomic E-state index is 0.0685. The molecule has 0 heterocycles. The van der Waals surface area contributed by atoms with Crippen molar-refractivity contribution in [1.82, 2.24) is 0 Å². The van der Waals surface area contributed by atoms with Crippen LogP contribution in [0.3, 0.4) is 0 Å². The molecular formula is C17H20. The first-order valence-electron chi connectivity index (χ1n) is 6.15. The van der Waals surface area contributed by atoms with Crippen LogP contribution >= 0.6 is 0 Å². The molecule has 0 aliphatic carbocycles. The first-order valence-corrected chi connectivity index (χ1v) is 6.15. The molecule has 0 amide bonds. The third kappa shape index (κ3) is 2.26. The number of aryl methyl sites for hydroxylation is 2. The van der Waals surface area contributed by atoms with Crippen molar-refractivity contribution in [3.05, 3.63) is 70.8 Å².